The minimum Gasteiger partial charge on any atom is -0.307 e. The average Bonchev–Trinajstić information content (AvgIpc) is 3.14. The van der Waals surface area contributed by atoms with Gasteiger partial charge in [0.15, 0.2) is 0 Å². The summed E-state index contributed by atoms with van der Waals surface area (Å²) in [4.78, 5) is 12.6. The Balaban J connectivity index is 1.88. The van der Waals surface area contributed by atoms with E-state index in [0.717, 1.165) is 4.31 Å². The molecule has 0 radical (unpaired) electrons. The molecule has 28 heavy (non-hydrogen) atoms. The summed E-state index contributed by atoms with van der Waals surface area (Å²) in [5, 5.41) is 7.26. The van der Waals surface area contributed by atoms with Crippen molar-refractivity contribution in [1.29, 1.82) is 0 Å². The molecule has 9 heteroatoms. The van der Waals surface area contributed by atoms with Crippen molar-refractivity contribution >= 4 is 39.0 Å². The van der Waals surface area contributed by atoms with Crippen LogP contribution in [0.4, 0.5) is 11.5 Å². The largest absolute Gasteiger partial charge is 0.307 e. The topological polar surface area (TPSA) is 84.3 Å². The third kappa shape index (κ3) is 4.02. The Morgan fingerprint density at radius 2 is 1.93 bits per heavy atom. The molecule has 0 atom stereocenters. The first kappa shape index (κ1) is 19.9. The highest BCUT2D eigenvalue weighted by molar-refractivity contribution is 7.92. The average molecular weight is 419 g/mol. The van der Waals surface area contributed by atoms with Crippen LogP contribution < -0.4 is 9.62 Å². The van der Waals surface area contributed by atoms with Crippen LogP contribution in [-0.2, 0) is 16.6 Å². The summed E-state index contributed by atoms with van der Waals surface area (Å²) < 4.78 is 28.7. The number of aryl methyl sites for hydroxylation is 1. The van der Waals surface area contributed by atoms with Gasteiger partial charge in [-0.2, -0.15) is 5.10 Å². The van der Waals surface area contributed by atoms with Gasteiger partial charge in [-0.1, -0.05) is 23.7 Å². The number of nitrogens with one attached hydrogen (secondary N) is 1. The number of nitrogens with zero attached hydrogens (tertiary/aromatic N) is 3. The second-order valence-corrected chi connectivity index (χ2v) is 8.37. The SMILES string of the molecule is CCn1nccc1NC(=O)c1cccc(S(=O)(=O)N(C)c2cccc(Cl)c2)c1. The molecule has 0 aliphatic heterocycles. The van der Waals surface area contributed by atoms with Crippen LogP contribution in [0.2, 0.25) is 5.02 Å². The molecule has 3 aromatic rings. The van der Waals surface area contributed by atoms with Crippen molar-refractivity contribution in [1.82, 2.24) is 9.78 Å². The standard InChI is InChI=1S/C19H19ClN4O3S/c1-3-24-18(10-11-21-24)22-19(25)14-6-4-9-17(12-14)28(26,27)23(2)16-8-5-7-15(20)13-16/h4-13H,3H2,1-2H3,(H,22,25). The number of carbonyl (C=O) groups excluding carboxylic acids is 1. The van der Waals surface area contributed by atoms with Crippen molar-refractivity contribution in [3.63, 3.8) is 0 Å². The van der Waals surface area contributed by atoms with Crippen molar-refractivity contribution in [3.05, 3.63) is 71.4 Å². The van der Waals surface area contributed by atoms with Gasteiger partial charge in [-0.05, 0) is 43.3 Å². The zero-order chi connectivity index (χ0) is 20.3. The van der Waals surface area contributed by atoms with Gasteiger partial charge in [0.05, 0.1) is 16.8 Å². The van der Waals surface area contributed by atoms with Crippen molar-refractivity contribution in [3.8, 4) is 0 Å². The lowest BCUT2D eigenvalue weighted by molar-refractivity contribution is 0.102. The molecule has 0 bridgehead atoms. The maximum absolute atomic E-state index is 13.0. The first-order valence-electron chi connectivity index (χ1n) is 8.50. The molecule has 0 unspecified atom stereocenters. The number of benzene rings is 2. The molecule has 1 heterocycles. The highest BCUT2D eigenvalue weighted by atomic mass is 35.5. The van der Waals surface area contributed by atoms with Gasteiger partial charge >= 0.3 is 0 Å². The van der Waals surface area contributed by atoms with Crippen LogP contribution in [0.5, 0.6) is 0 Å². The molecule has 146 valence electrons. The third-order valence-electron chi connectivity index (χ3n) is 4.18. The van der Waals surface area contributed by atoms with E-state index in [4.69, 9.17) is 11.6 Å². The molecule has 1 amide bonds. The second kappa shape index (κ2) is 8.04. The first-order chi connectivity index (χ1) is 13.3. The summed E-state index contributed by atoms with van der Waals surface area (Å²) in [6.45, 7) is 2.50. The Bertz CT molecular complexity index is 1110. The maximum atomic E-state index is 13.0. The molecule has 0 fully saturated rings. The summed E-state index contributed by atoms with van der Waals surface area (Å²) in [7, 11) is -2.42. The van der Waals surface area contributed by atoms with E-state index in [2.05, 4.69) is 10.4 Å². The fraction of sp³-hybridized carbons (Fsp3) is 0.158. The van der Waals surface area contributed by atoms with Crippen LogP contribution in [-0.4, -0.2) is 31.2 Å². The van der Waals surface area contributed by atoms with Crippen LogP contribution >= 0.6 is 11.6 Å². The number of hydrogen-bond donors (Lipinski definition) is 1. The van der Waals surface area contributed by atoms with Crippen molar-refractivity contribution in [2.45, 2.75) is 18.4 Å². The zero-order valence-corrected chi connectivity index (χ0v) is 16.9. The summed E-state index contributed by atoms with van der Waals surface area (Å²) in [6.07, 6.45) is 1.58. The molecule has 0 spiro atoms. The highest BCUT2D eigenvalue weighted by Gasteiger charge is 2.23. The number of hydrogen-bond acceptors (Lipinski definition) is 4. The highest BCUT2D eigenvalue weighted by Crippen LogP contribution is 2.25. The van der Waals surface area contributed by atoms with Crippen LogP contribution in [0, 0.1) is 0 Å². The van der Waals surface area contributed by atoms with Crippen molar-refractivity contribution in [2.24, 2.45) is 0 Å². The number of anilines is 2. The lowest BCUT2D eigenvalue weighted by Crippen LogP contribution is -2.27. The van der Waals surface area contributed by atoms with Gasteiger partial charge in [-0.15, -0.1) is 0 Å². The van der Waals surface area contributed by atoms with Crippen molar-refractivity contribution < 1.29 is 13.2 Å². The van der Waals surface area contributed by atoms with Gasteiger partial charge in [0.2, 0.25) is 0 Å². The van der Waals surface area contributed by atoms with E-state index in [9.17, 15) is 13.2 Å². The summed E-state index contributed by atoms with van der Waals surface area (Å²) >= 11 is 5.96. The molecule has 1 N–H and O–H groups in total. The summed E-state index contributed by atoms with van der Waals surface area (Å²) in [5.41, 5.74) is 0.652. The first-order valence-corrected chi connectivity index (χ1v) is 10.3. The van der Waals surface area contributed by atoms with Gasteiger partial charge < -0.3 is 5.32 Å². The minimum atomic E-state index is -3.86. The Hall–Kier alpha value is -2.84. The summed E-state index contributed by atoms with van der Waals surface area (Å²) in [6, 6.07) is 14.1. The molecule has 0 saturated carbocycles. The number of halogens is 1. The molecule has 0 saturated heterocycles. The molecular formula is C19H19ClN4O3S. The number of amides is 1. The number of aromatic nitrogens is 2. The Labute approximate surface area is 168 Å². The lowest BCUT2D eigenvalue weighted by Gasteiger charge is -2.20. The van der Waals surface area contributed by atoms with Crippen LogP contribution in [0.3, 0.4) is 0 Å². The van der Waals surface area contributed by atoms with Gasteiger partial charge in [0, 0.05) is 30.2 Å². The molecule has 3 rings (SSSR count). The number of rotatable bonds is 6. The van der Waals surface area contributed by atoms with Gasteiger partial charge in [-0.3, -0.25) is 9.10 Å². The van der Waals surface area contributed by atoms with E-state index in [-0.39, 0.29) is 10.5 Å². The summed E-state index contributed by atoms with van der Waals surface area (Å²) in [5.74, 6) is 0.120. The molecule has 2 aromatic carbocycles. The van der Waals surface area contributed by atoms with E-state index >= 15 is 0 Å². The van der Waals surface area contributed by atoms with E-state index in [1.165, 1.54) is 25.2 Å². The smallest absolute Gasteiger partial charge is 0.264 e. The van der Waals surface area contributed by atoms with Gasteiger partial charge in [-0.25, -0.2) is 13.1 Å². The predicted molar refractivity (Wildman–Crippen MR) is 109 cm³/mol. The Kier molecular flexibility index (Phi) is 5.71. The quantitative estimate of drug-likeness (QED) is 0.662. The minimum absolute atomic E-state index is 0.00613. The number of sulfonamides is 1. The monoisotopic (exact) mass is 418 g/mol. The zero-order valence-electron chi connectivity index (χ0n) is 15.3. The molecule has 0 aliphatic carbocycles. The second-order valence-electron chi connectivity index (χ2n) is 5.97. The van der Waals surface area contributed by atoms with Gasteiger partial charge in [0.1, 0.15) is 5.82 Å². The van der Waals surface area contributed by atoms with E-state index in [0.29, 0.717) is 23.1 Å². The molecule has 1 aromatic heterocycles. The van der Waals surface area contributed by atoms with Crippen LogP contribution in [0.1, 0.15) is 17.3 Å². The molecule has 7 nitrogen and oxygen atoms in total. The number of carbonyl (C=O) groups is 1. The predicted octanol–water partition coefficient (Wildman–Crippen LogP) is 3.63. The fourth-order valence-corrected chi connectivity index (χ4v) is 4.06. The van der Waals surface area contributed by atoms with Crippen LogP contribution in [0.15, 0.2) is 65.7 Å². The Morgan fingerprint density at radius 3 is 2.64 bits per heavy atom. The van der Waals surface area contributed by atoms with E-state index in [1.54, 1.807) is 47.3 Å². The molecular weight excluding hydrogens is 400 g/mol. The van der Waals surface area contributed by atoms with E-state index < -0.39 is 15.9 Å². The fourth-order valence-electron chi connectivity index (χ4n) is 2.65. The normalized spacial score (nSPS) is 11.2. The molecule has 0 aliphatic rings. The van der Waals surface area contributed by atoms with Gasteiger partial charge in [0.25, 0.3) is 15.9 Å². The maximum Gasteiger partial charge on any atom is 0.264 e. The Morgan fingerprint density at radius 1 is 1.18 bits per heavy atom. The van der Waals surface area contributed by atoms with E-state index in [1.807, 2.05) is 6.92 Å². The lowest BCUT2D eigenvalue weighted by atomic mass is 10.2. The van der Waals surface area contributed by atoms with Crippen LogP contribution in [0.25, 0.3) is 0 Å². The third-order valence-corrected chi connectivity index (χ3v) is 6.20. The van der Waals surface area contributed by atoms with Crippen molar-refractivity contribution in [2.75, 3.05) is 16.7 Å².